The summed E-state index contributed by atoms with van der Waals surface area (Å²) < 4.78 is 9.10. The van der Waals surface area contributed by atoms with Gasteiger partial charge in [0.2, 0.25) is 0 Å². The normalized spacial score (nSPS) is 13.8. The Bertz CT molecular complexity index is 3070. The van der Waals surface area contributed by atoms with Gasteiger partial charge in [0, 0.05) is 71.9 Å². The molecule has 1 aliphatic rings. The maximum atomic E-state index is 6.89. The van der Waals surface area contributed by atoms with Crippen LogP contribution in [0.3, 0.4) is 0 Å². The van der Waals surface area contributed by atoms with E-state index in [2.05, 4.69) is 263 Å². The molecule has 0 saturated heterocycles. The molecule has 5 nitrogen and oxygen atoms in total. The Morgan fingerprint density at radius 3 is 1.68 bits per heavy atom. The van der Waals surface area contributed by atoms with Gasteiger partial charge < -0.3 is 19.1 Å². The SMILES string of the molecule is CC(C)(C)C1=CN(c2cc(C(C)(C)c3ccccc3)cc(C(C)(C)c3ccccc3)c2)[CH-]N1c1[c-]c(Oc2[c-]c3c(cc2)c2ccccc2n3-c2cc(C(C)(C)C)ccn2)cc(C(C)(C)C)c1.[Pt]. The molecule has 0 fully saturated rings. The molecule has 0 radical (unpaired) electrons. The van der Waals surface area contributed by atoms with Crippen LogP contribution in [0, 0.1) is 24.2 Å². The monoisotopic (exact) mass is 1080 g/mol. The summed E-state index contributed by atoms with van der Waals surface area (Å²) in [5, 5.41) is 2.24. The number of nitrogens with zero attached hydrogens (tertiary/aromatic N) is 4. The minimum atomic E-state index is -0.253. The molecule has 3 heterocycles. The molecule has 0 atom stereocenters. The standard InChI is InChI=1S/C62H65N4O.Pt/c1-58(2,3)44-30-31-63-57(37-44)66-54-27-21-20-26-52(54)53-29-28-50(39-55(53)66)67-51-36-45(59(4,5)6)33-49(38-51)65-41-64(40-56(65)60(7,8)9)48-34-46(61(10,11)42-22-16-14-17-23-42)32-47(35-48)62(12,13)43-24-18-15-19-25-43;/h14-37,40-41H,1-13H3;/q-3;. The Balaban J connectivity index is 0.00000625. The van der Waals surface area contributed by atoms with E-state index in [4.69, 9.17) is 9.72 Å². The number of ether oxygens (including phenoxy) is 1. The first-order valence-electron chi connectivity index (χ1n) is 23.7. The number of allylic oxidation sites excluding steroid dienone is 1. The second kappa shape index (κ2) is 17.9. The molecule has 9 rings (SSSR count). The molecule has 0 aliphatic carbocycles. The number of hydrogen-bond donors (Lipinski definition) is 0. The van der Waals surface area contributed by atoms with Gasteiger partial charge >= 0.3 is 0 Å². The van der Waals surface area contributed by atoms with E-state index < -0.39 is 0 Å². The average Bonchev–Trinajstić information content (AvgIpc) is 3.90. The van der Waals surface area contributed by atoms with E-state index in [1.165, 1.54) is 27.8 Å². The second-order valence-corrected chi connectivity index (χ2v) is 22.5. The molecule has 1 aliphatic heterocycles. The number of rotatable bonds is 9. The van der Waals surface area contributed by atoms with Crippen molar-refractivity contribution in [1.29, 1.82) is 0 Å². The van der Waals surface area contributed by atoms with Crippen LogP contribution in [-0.4, -0.2) is 9.55 Å². The molecule has 0 unspecified atom stereocenters. The van der Waals surface area contributed by atoms with E-state index >= 15 is 0 Å². The zero-order valence-corrected chi connectivity index (χ0v) is 44.3. The molecule has 68 heavy (non-hydrogen) atoms. The zero-order valence-electron chi connectivity index (χ0n) is 42.0. The number of fused-ring (bicyclic) bond motifs is 3. The molecule has 0 bridgehead atoms. The molecule has 2 aromatic heterocycles. The van der Waals surface area contributed by atoms with Crippen molar-refractivity contribution in [3.63, 3.8) is 0 Å². The smallest absolute Gasteiger partial charge is 0.135 e. The van der Waals surface area contributed by atoms with Crippen molar-refractivity contribution in [2.45, 2.75) is 112 Å². The van der Waals surface area contributed by atoms with Crippen LogP contribution in [0.4, 0.5) is 11.4 Å². The van der Waals surface area contributed by atoms with E-state index in [0.29, 0.717) is 11.5 Å². The summed E-state index contributed by atoms with van der Waals surface area (Å²) in [6.07, 6.45) is 4.21. The maximum Gasteiger partial charge on any atom is 0.135 e. The third-order valence-electron chi connectivity index (χ3n) is 13.8. The fraction of sp³-hybridized carbons (Fsp3) is 0.290. The first kappa shape index (κ1) is 48.6. The van der Waals surface area contributed by atoms with Gasteiger partial charge in [-0.3, -0.25) is 0 Å². The maximum absolute atomic E-state index is 6.89. The molecule has 352 valence electrons. The van der Waals surface area contributed by atoms with Crippen molar-refractivity contribution in [3.05, 3.63) is 210 Å². The summed E-state index contributed by atoms with van der Waals surface area (Å²) in [7, 11) is 0. The van der Waals surface area contributed by atoms with E-state index in [0.717, 1.165) is 50.3 Å². The first-order valence-corrected chi connectivity index (χ1v) is 23.7. The summed E-state index contributed by atoms with van der Waals surface area (Å²) in [6.45, 7) is 31.9. The van der Waals surface area contributed by atoms with Crippen LogP contribution in [0.15, 0.2) is 158 Å². The predicted molar refractivity (Wildman–Crippen MR) is 281 cm³/mol. The van der Waals surface area contributed by atoms with Gasteiger partial charge in [0.1, 0.15) is 5.82 Å². The summed E-state index contributed by atoms with van der Waals surface area (Å²) in [5.74, 6) is 2.10. The van der Waals surface area contributed by atoms with Gasteiger partial charge in [-0.25, -0.2) is 4.98 Å². The van der Waals surface area contributed by atoms with E-state index in [1.807, 2.05) is 12.3 Å². The van der Waals surface area contributed by atoms with Gasteiger partial charge in [0.25, 0.3) is 0 Å². The number of aromatic nitrogens is 2. The average molecular weight is 1080 g/mol. The Labute approximate surface area is 420 Å². The van der Waals surface area contributed by atoms with Gasteiger partial charge in [-0.1, -0.05) is 180 Å². The first-order chi connectivity index (χ1) is 31.6. The molecule has 6 aromatic carbocycles. The fourth-order valence-corrected chi connectivity index (χ4v) is 9.27. The van der Waals surface area contributed by atoms with Crippen molar-refractivity contribution in [1.82, 2.24) is 9.55 Å². The molecule has 8 aromatic rings. The van der Waals surface area contributed by atoms with Crippen molar-refractivity contribution in [2.75, 3.05) is 9.80 Å². The molecule has 6 heteroatoms. The summed E-state index contributed by atoms with van der Waals surface area (Å²) in [6, 6.07) is 57.7. The van der Waals surface area contributed by atoms with E-state index in [-0.39, 0.29) is 48.1 Å². The van der Waals surface area contributed by atoms with Gasteiger partial charge in [-0.2, -0.15) is 6.07 Å². The number of benzene rings is 6. The summed E-state index contributed by atoms with van der Waals surface area (Å²) in [5.41, 5.74) is 11.7. The Hall–Kier alpha value is -5.90. The molecule has 0 N–H and O–H groups in total. The minimum absolute atomic E-state index is 0. The molecule has 0 saturated carbocycles. The quantitative estimate of drug-likeness (QED) is 0.135. The van der Waals surface area contributed by atoms with Gasteiger partial charge in [-0.05, 0) is 80.6 Å². The van der Waals surface area contributed by atoms with Crippen molar-refractivity contribution >= 4 is 33.2 Å². The van der Waals surface area contributed by atoms with Crippen LogP contribution in [0.25, 0.3) is 27.6 Å². The Morgan fingerprint density at radius 2 is 1.09 bits per heavy atom. The second-order valence-electron chi connectivity index (χ2n) is 22.5. The number of hydrogen-bond acceptors (Lipinski definition) is 4. The van der Waals surface area contributed by atoms with Crippen molar-refractivity contribution < 1.29 is 25.8 Å². The number of pyridine rings is 1. The third-order valence-corrected chi connectivity index (χ3v) is 13.8. The predicted octanol–water partition coefficient (Wildman–Crippen LogP) is 16.1. The van der Waals surface area contributed by atoms with E-state index in [1.54, 1.807) is 0 Å². The van der Waals surface area contributed by atoms with Crippen LogP contribution in [0.2, 0.25) is 0 Å². The molecular weight excluding hydrogens is 1010 g/mol. The van der Waals surface area contributed by atoms with Crippen LogP contribution >= 0.6 is 0 Å². The van der Waals surface area contributed by atoms with Crippen LogP contribution in [0.1, 0.15) is 123 Å². The topological polar surface area (TPSA) is 33.5 Å². The van der Waals surface area contributed by atoms with E-state index in [9.17, 15) is 0 Å². The molecule has 0 amide bonds. The zero-order chi connectivity index (χ0) is 47.7. The Morgan fingerprint density at radius 1 is 0.500 bits per heavy atom. The summed E-state index contributed by atoms with van der Waals surface area (Å²) in [4.78, 5) is 9.50. The fourth-order valence-electron chi connectivity index (χ4n) is 9.27. The Kier molecular flexibility index (Phi) is 12.8. The molecular formula is C62H65N4OPt-3. The third kappa shape index (κ3) is 9.32. The van der Waals surface area contributed by atoms with Gasteiger partial charge in [-0.15, -0.1) is 53.6 Å². The number of para-hydroxylation sites is 1. The van der Waals surface area contributed by atoms with Crippen LogP contribution in [0.5, 0.6) is 11.5 Å². The molecule has 0 spiro atoms. The van der Waals surface area contributed by atoms with Crippen LogP contribution in [-0.2, 0) is 42.7 Å². The van der Waals surface area contributed by atoms with Gasteiger partial charge in [0.05, 0.1) is 0 Å². The van der Waals surface area contributed by atoms with Crippen molar-refractivity contribution in [3.8, 4) is 17.3 Å². The minimum Gasteiger partial charge on any atom is -0.509 e. The van der Waals surface area contributed by atoms with Crippen LogP contribution < -0.4 is 14.5 Å². The van der Waals surface area contributed by atoms with Gasteiger partial charge in [0.15, 0.2) is 0 Å². The largest absolute Gasteiger partial charge is 0.509 e. The summed E-state index contributed by atoms with van der Waals surface area (Å²) >= 11 is 0. The number of anilines is 2. The van der Waals surface area contributed by atoms with Crippen molar-refractivity contribution in [2.24, 2.45) is 5.41 Å².